The molecule has 1 amide bonds. The Balaban J connectivity index is 1.43. The van der Waals surface area contributed by atoms with Gasteiger partial charge in [-0.15, -0.1) is 0 Å². The molecule has 0 unspecified atom stereocenters. The van der Waals surface area contributed by atoms with E-state index in [0.717, 1.165) is 36.8 Å². The average Bonchev–Trinajstić information content (AvgIpc) is 2.81. The molecular weight excluding hydrogens is 374 g/mol. The second-order valence-electron chi connectivity index (χ2n) is 7.87. The fourth-order valence-corrected chi connectivity index (χ4v) is 4.04. The number of pyridine rings is 2. The van der Waals surface area contributed by atoms with Crippen molar-refractivity contribution in [1.29, 1.82) is 0 Å². The van der Waals surface area contributed by atoms with Gasteiger partial charge >= 0.3 is 0 Å². The lowest BCUT2D eigenvalue weighted by atomic mass is 9.74. The molecule has 154 valence electrons. The van der Waals surface area contributed by atoms with Crippen LogP contribution in [0, 0.1) is 5.41 Å². The highest BCUT2D eigenvalue weighted by Crippen LogP contribution is 2.35. The molecule has 0 atom stereocenters. The topological polar surface area (TPSA) is 64.1 Å². The van der Waals surface area contributed by atoms with Crippen molar-refractivity contribution in [1.82, 2.24) is 15.3 Å². The molecule has 30 heavy (non-hydrogen) atoms. The van der Waals surface area contributed by atoms with Crippen molar-refractivity contribution in [3.63, 3.8) is 0 Å². The van der Waals surface area contributed by atoms with Crippen LogP contribution in [0.15, 0.2) is 73.3 Å². The summed E-state index contributed by atoms with van der Waals surface area (Å²) in [5.41, 5.74) is 4.17. The quantitative estimate of drug-likeness (QED) is 0.653. The Kier molecular flexibility index (Phi) is 6.50. The van der Waals surface area contributed by atoms with E-state index in [1.165, 1.54) is 11.1 Å². The van der Waals surface area contributed by atoms with Crippen LogP contribution in [-0.2, 0) is 22.4 Å². The number of amides is 1. The van der Waals surface area contributed by atoms with E-state index in [0.29, 0.717) is 19.8 Å². The minimum atomic E-state index is -0.410. The van der Waals surface area contributed by atoms with Gasteiger partial charge in [-0.25, -0.2) is 0 Å². The number of benzene rings is 1. The van der Waals surface area contributed by atoms with Gasteiger partial charge in [-0.3, -0.25) is 14.8 Å². The zero-order valence-corrected chi connectivity index (χ0v) is 17.1. The molecule has 0 aliphatic carbocycles. The summed E-state index contributed by atoms with van der Waals surface area (Å²) in [5, 5.41) is 3.18. The summed E-state index contributed by atoms with van der Waals surface area (Å²) in [5.74, 6) is 0.135. The molecule has 1 saturated heterocycles. The summed E-state index contributed by atoms with van der Waals surface area (Å²) >= 11 is 0. The van der Waals surface area contributed by atoms with E-state index in [-0.39, 0.29) is 5.91 Å². The molecule has 2 aromatic heterocycles. The molecule has 1 aromatic carbocycles. The van der Waals surface area contributed by atoms with Gasteiger partial charge in [0.25, 0.3) is 0 Å². The van der Waals surface area contributed by atoms with Crippen molar-refractivity contribution in [2.24, 2.45) is 5.41 Å². The van der Waals surface area contributed by atoms with Gasteiger partial charge in [-0.1, -0.05) is 30.3 Å². The number of hydrogen-bond donors (Lipinski definition) is 1. The summed E-state index contributed by atoms with van der Waals surface area (Å²) in [6.45, 7) is 1.89. The number of carbonyl (C=O) groups is 1. The zero-order chi connectivity index (χ0) is 20.7. The van der Waals surface area contributed by atoms with Crippen molar-refractivity contribution < 1.29 is 9.53 Å². The minimum absolute atomic E-state index is 0.135. The molecule has 0 saturated carbocycles. The van der Waals surface area contributed by atoms with Crippen molar-refractivity contribution in [3.8, 4) is 11.1 Å². The van der Waals surface area contributed by atoms with E-state index >= 15 is 0 Å². The third kappa shape index (κ3) is 4.92. The van der Waals surface area contributed by atoms with Crippen molar-refractivity contribution in [2.75, 3.05) is 19.8 Å². The molecule has 0 bridgehead atoms. The standard InChI is InChI=1S/C25H27N3O2/c29-24(28-15-9-20-7-13-26-14-8-20)25(10-16-30-17-11-25)18-21-3-5-22(6-4-21)23-2-1-12-27-19-23/h1-8,12-14,19H,9-11,15-18H2,(H,28,29). The SMILES string of the molecule is O=C(NCCc1ccncc1)C1(Cc2ccc(-c3cccnc3)cc2)CCOCC1. The number of carbonyl (C=O) groups excluding carboxylic acids is 1. The van der Waals surface area contributed by atoms with Crippen LogP contribution >= 0.6 is 0 Å². The Hall–Kier alpha value is -3.05. The number of nitrogens with zero attached hydrogens (tertiary/aromatic N) is 2. The number of ether oxygens (including phenoxy) is 1. The van der Waals surface area contributed by atoms with E-state index in [2.05, 4.69) is 45.6 Å². The molecule has 3 heterocycles. The predicted octanol–water partition coefficient (Wildman–Crippen LogP) is 3.84. The van der Waals surface area contributed by atoms with Crippen molar-refractivity contribution in [2.45, 2.75) is 25.7 Å². The largest absolute Gasteiger partial charge is 0.381 e. The van der Waals surface area contributed by atoms with Crippen LogP contribution in [0.25, 0.3) is 11.1 Å². The first-order valence-electron chi connectivity index (χ1n) is 10.5. The lowest BCUT2D eigenvalue weighted by molar-refractivity contribution is -0.136. The lowest BCUT2D eigenvalue weighted by Crippen LogP contribution is -2.46. The zero-order valence-electron chi connectivity index (χ0n) is 17.1. The van der Waals surface area contributed by atoms with Gasteiger partial charge in [0.1, 0.15) is 0 Å². The highest BCUT2D eigenvalue weighted by molar-refractivity contribution is 5.83. The molecule has 0 radical (unpaired) electrons. The average molecular weight is 402 g/mol. The van der Waals surface area contributed by atoms with E-state index in [4.69, 9.17) is 4.74 Å². The molecule has 1 aliphatic heterocycles. The molecular formula is C25H27N3O2. The monoisotopic (exact) mass is 401 g/mol. The smallest absolute Gasteiger partial charge is 0.226 e. The predicted molar refractivity (Wildman–Crippen MR) is 117 cm³/mol. The van der Waals surface area contributed by atoms with Crippen LogP contribution in [-0.4, -0.2) is 35.6 Å². The molecule has 1 N–H and O–H groups in total. The molecule has 3 aromatic rings. The maximum Gasteiger partial charge on any atom is 0.226 e. The first kappa shape index (κ1) is 20.2. The molecule has 1 aliphatic rings. The van der Waals surface area contributed by atoms with Crippen LogP contribution in [0.3, 0.4) is 0 Å². The van der Waals surface area contributed by atoms with Gasteiger partial charge < -0.3 is 10.1 Å². The summed E-state index contributed by atoms with van der Waals surface area (Å²) in [6.07, 6.45) is 10.2. The second-order valence-corrected chi connectivity index (χ2v) is 7.87. The number of aromatic nitrogens is 2. The first-order chi connectivity index (χ1) is 14.8. The van der Waals surface area contributed by atoms with Crippen LogP contribution in [0.2, 0.25) is 0 Å². The normalized spacial score (nSPS) is 15.5. The van der Waals surface area contributed by atoms with E-state index in [9.17, 15) is 4.79 Å². The Bertz CT molecular complexity index is 937. The number of nitrogens with one attached hydrogen (secondary N) is 1. The highest BCUT2D eigenvalue weighted by Gasteiger charge is 2.39. The van der Waals surface area contributed by atoms with Crippen LogP contribution in [0.1, 0.15) is 24.0 Å². The summed E-state index contributed by atoms with van der Waals surface area (Å²) < 4.78 is 5.57. The molecule has 5 nitrogen and oxygen atoms in total. The molecule has 1 fully saturated rings. The molecule has 4 rings (SSSR count). The van der Waals surface area contributed by atoms with Gasteiger partial charge in [0, 0.05) is 44.5 Å². The van der Waals surface area contributed by atoms with Gasteiger partial charge in [0.2, 0.25) is 5.91 Å². The van der Waals surface area contributed by atoms with Crippen molar-refractivity contribution >= 4 is 5.91 Å². The summed E-state index contributed by atoms with van der Waals surface area (Å²) in [4.78, 5) is 21.4. The maximum atomic E-state index is 13.2. The van der Waals surface area contributed by atoms with Gasteiger partial charge in [0.05, 0.1) is 5.41 Å². The van der Waals surface area contributed by atoms with Gasteiger partial charge in [0.15, 0.2) is 0 Å². The fourth-order valence-electron chi connectivity index (χ4n) is 4.04. The minimum Gasteiger partial charge on any atom is -0.381 e. The van der Waals surface area contributed by atoms with E-state index in [1.54, 1.807) is 18.6 Å². The highest BCUT2D eigenvalue weighted by atomic mass is 16.5. The second kappa shape index (κ2) is 9.63. The Morgan fingerprint density at radius 2 is 1.67 bits per heavy atom. The third-order valence-corrected chi connectivity index (χ3v) is 5.87. The Labute approximate surface area is 177 Å². The third-order valence-electron chi connectivity index (χ3n) is 5.87. The van der Waals surface area contributed by atoms with E-state index in [1.807, 2.05) is 24.4 Å². The van der Waals surface area contributed by atoms with E-state index < -0.39 is 5.41 Å². The van der Waals surface area contributed by atoms with Crippen LogP contribution in [0.5, 0.6) is 0 Å². The Morgan fingerprint density at radius 3 is 2.37 bits per heavy atom. The first-order valence-corrected chi connectivity index (χ1v) is 10.5. The van der Waals surface area contributed by atoms with Crippen LogP contribution < -0.4 is 5.32 Å². The maximum absolute atomic E-state index is 13.2. The number of hydrogen-bond acceptors (Lipinski definition) is 4. The summed E-state index contributed by atoms with van der Waals surface area (Å²) in [7, 11) is 0. The van der Waals surface area contributed by atoms with Gasteiger partial charge in [-0.05, 0) is 66.1 Å². The number of rotatable bonds is 7. The fraction of sp³-hybridized carbons (Fsp3) is 0.320. The molecule has 5 heteroatoms. The molecule has 0 spiro atoms. The summed E-state index contributed by atoms with van der Waals surface area (Å²) in [6, 6.07) is 16.4. The van der Waals surface area contributed by atoms with Crippen LogP contribution in [0.4, 0.5) is 0 Å². The van der Waals surface area contributed by atoms with Crippen molar-refractivity contribution in [3.05, 3.63) is 84.4 Å². The van der Waals surface area contributed by atoms with Gasteiger partial charge in [-0.2, -0.15) is 0 Å². The Morgan fingerprint density at radius 1 is 0.900 bits per heavy atom. The lowest BCUT2D eigenvalue weighted by Gasteiger charge is -2.36.